The maximum atomic E-state index is 12.2. The minimum atomic E-state index is -0.295. The molecule has 0 bridgehead atoms. The maximum absolute atomic E-state index is 12.2. The Kier molecular flexibility index (Phi) is 4.84. The van der Waals surface area contributed by atoms with Crippen molar-refractivity contribution in [3.05, 3.63) is 77.5 Å². The molecule has 1 unspecified atom stereocenters. The molecule has 0 aliphatic carbocycles. The third kappa shape index (κ3) is 4.07. The van der Waals surface area contributed by atoms with E-state index in [2.05, 4.69) is 34.7 Å². The Morgan fingerprint density at radius 1 is 1.00 bits per heavy atom. The fourth-order valence-electron chi connectivity index (χ4n) is 2.65. The largest absolute Gasteiger partial charge is 0.436 e. The number of anilines is 2. The van der Waals surface area contributed by atoms with Crippen LogP contribution in [0.1, 0.15) is 40.7 Å². The third-order valence-electron chi connectivity index (χ3n) is 3.94. The molecule has 0 saturated carbocycles. The average Bonchev–Trinajstić information content (AvgIpc) is 2.96. The number of aryl methyl sites for hydroxylation is 2. The monoisotopic (exact) mass is 335 g/mol. The molecule has 0 saturated heterocycles. The lowest BCUT2D eigenvalue weighted by molar-refractivity contribution is 0.0994. The highest BCUT2D eigenvalue weighted by Crippen LogP contribution is 2.21. The number of rotatable bonds is 5. The van der Waals surface area contributed by atoms with Gasteiger partial charge in [0.15, 0.2) is 5.89 Å². The molecule has 1 atom stereocenters. The lowest BCUT2D eigenvalue weighted by Crippen LogP contribution is -2.12. The van der Waals surface area contributed by atoms with E-state index in [9.17, 15) is 4.79 Å². The van der Waals surface area contributed by atoms with Crippen LogP contribution in [0.3, 0.4) is 0 Å². The van der Waals surface area contributed by atoms with Crippen LogP contribution in [0.5, 0.6) is 0 Å². The van der Waals surface area contributed by atoms with Crippen molar-refractivity contribution in [2.45, 2.75) is 26.8 Å². The summed E-state index contributed by atoms with van der Waals surface area (Å²) in [6.07, 6.45) is 0. The van der Waals surface area contributed by atoms with E-state index in [0.717, 1.165) is 5.69 Å². The van der Waals surface area contributed by atoms with Gasteiger partial charge in [0.1, 0.15) is 0 Å². The van der Waals surface area contributed by atoms with Crippen molar-refractivity contribution in [2.75, 3.05) is 10.6 Å². The van der Waals surface area contributed by atoms with Crippen molar-refractivity contribution in [3.63, 3.8) is 0 Å². The first-order chi connectivity index (χ1) is 12.0. The molecule has 2 aromatic carbocycles. The van der Waals surface area contributed by atoms with Crippen LogP contribution in [0.15, 0.2) is 59.0 Å². The molecule has 1 heterocycles. The highest BCUT2D eigenvalue weighted by atomic mass is 16.4. The van der Waals surface area contributed by atoms with Gasteiger partial charge in [-0.1, -0.05) is 30.3 Å². The Balaban J connectivity index is 1.64. The number of oxazole rings is 1. The summed E-state index contributed by atoms with van der Waals surface area (Å²) in [5.41, 5.74) is 3.50. The predicted molar refractivity (Wildman–Crippen MR) is 98.9 cm³/mol. The molecule has 0 aliphatic heterocycles. The first kappa shape index (κ1) is 16.8. The number of nitrogens with one attached hydrogen (secondary N) is 2. The van der Waals surface area contributed by atoms with E-state index in [-0.39, 0.29) is 17.7 Å². The number of carbonyl (C=O) groups excluding carboxylic acids is 1. The number of benzene rings is 2. The van der Waals surface area contributed by atoms with E-state index in [1.807, 2.05) is 42.5 Å². The summed E-state index contributed by atoms with van der Waals surface area (Å²) in [7, 11) is 0. The standard InChI is InChI=1S/C20H21N3O2/c1-13(16-7-5-4-6-8-16)22-17-9-11-18(12-10-17)23-20(24)19-14(2)21-15(3)25-19/h4-13,22H,1-3H3,(H,23,24). The van der Waals surface area contributed by atoms with Crippen molar-refractivity contribution < 1.29 is 9.21 Å². The van der Waals surface area contributed by atoms with Gasteiger partial charge in [0.25, 0.3) is 5.91 Å². The molecule has 1 amide bonds. The van der Waals surface area contributed by atoms with Crippen LogP contribution in [0.2, 0.25) is 0 Å². The number of hydrogen-bond donors (Lipinski definition) is 2. The zero-order chi connectivity index (χ0) is 17.8. The zero-order valence-corrected chi connectivity index (χ0v) is 14.5. The Hall–Kier alpha value is -3.08. The smallest absolute Gasteiger partial charge is 0.293 e. The van der Waals surface area contributed by atoms with Gasteiger partial charge in [-0.2, -0.15) is 0 Å². The second kappa shape index (κ2) is 7.21. The summed E-state index contributed by atoms with van der Waals surface area (Å²) in [6.45, 7) is 5.58. The number of hydrogen-bond acceptors (Lipinski definition) is 4. The lowest BCUT2D eigenvalue weighted by atomic mass is 10.1. The zero-order valence-electron chi connectivity index (χ0n) is 14.5. The van der Waals surface area contributed by atoms with Gasteiger partial charge in [-0.3, -0.25) is 4.79 Å². The number of nitrogens with zero attached hydrogens (tertiary/aromatic N) is 1. The van der Waals surface area contributed by atoms with Gasteiger partial charge in [0.2, 0.25) is 5.76 Å². The summed E-state index contributed by atoms with van der Waals surface area (Å²) in [5.74, 6) is 0.436. The van der Waals surface area contributed by atoms with Crippen molar-refractivity contribution in [1.29, 1.82) is 0 Å². The van der Waals surface area contributed by atoms with Crippen molar-refractivity contribution in [2.24, 2.45) is 0 Å². The van der Waals surface area contributed by atoms with Crippen LogP contribution in [0.4, 0.5) is 11.4 Å². The molecule has 0 spiro atoms. The first-order valence-corrected chi connectivity index (χ1v) is 8.20. The van der Waals surface area contributed by atoms with E-state index < -0.39 is 0 Å². The SMILES string of the molecule is Cc1nc(C)c(C(=O)Nc2ccc(NC(C)c3ccccc3)cc2)o1. The minimum absolute atomic E-state index is 0.196. The fourth-order valence-corrected chi connectivity index (χ4v) is 2.65. The van der Waals surface area contributed by atoms with Crippen LogP contribution in [-0.2, 0) is 0 Å². The number of amides is 1. The predicted octanol–water partition coefficient (Wildman–Crippen LogP) is 4.72. The van der Waals surface area contributed by atoms with E-state index in [1.54, 1.807) is 13.8 Å². The molecule has 5 nitrogen and oxygen atoms in total. The second-order valence-electron chi connectivity index (χ2n) is 5.96. The molecule has 5 heteroatoms. The Labute approximate surface area is 147 Å². The summed E-state index contributed by atoms with van der Waals surface area (Å²) in [5, 5.41) is 6.27. The fraction of sp³-hybridized carbons (Fsp3) is 0.200. The molecule has 3 aromatic rings. The van der Waals surface area contributed by atoms with Gasteiger partial charge in [0.05, 0.1) is 5.69 Å². The molecule has 1 aromatic heterocycles. The van der Waals surface area contributed by atoms with Crippen molar-refractivity contribution in [1.82, 2.24) is 4.98 Å². The van der Waals surface area contributed by atoms with Gasteiger partial charge >= 0.3 is 0 Å². The molecular formula is C20H21N3O2. The Morgan fingerprint density at radius 2 is 1.64 bits per heavy atom. The van der Waals surface area contributed by atoms with E-state index in [0.29, 0.717) is 17.3 Å². The van der Waals surface area contributed by atoms with Gasteiger partial charge < -0.3 is 15.1 Å². The summed E-state index contributed by atoms with van der Waals surface area (Å²) < 4.78 is 5.34. The Morgan fingerprint density at radius 3 is 2.24 bits per heavy atom. The van der Waals surface area contributed by atoms with Gasteiger partial charge in [-0.15, -0.1) is 0 Å². The number of carbonyl (C=O) groups is 1. The third-order valence-corrected chi connectivity index (χ3v) is 3.94. The van der Waals surface area contributed by atoms with Crippen LogP contribution >= 0.6 is 0 Å². The highest BCUT2D eigenvalue weighted by molar-refractivity contribution is 6.03. The molecule has 0 radical (unpaired) electrons. The van der Waals surface area contributed by atoms with Crippen LogP contribution < -0.4 is 10.6 Å². The van der Waals surface area contributed by atoms with Crippen molar-refractivity contribution >= 4 is 17.3 Å². The van der Waals surface area contributed by atoms with Crippen LogP contribution in [0.25, 0.3) is 0 Å². The highest BCUT2D eigenvalue weighted by Gasteiger charge is 2.16. The lowest BCUT2D eigenvalue weighted by Gasteiger charge is -2.16. The maximum Gasteiger partial charge on any atom is 0.293 e. The van der Waals surface area contributed by atoms with Crippen LogP contribution in [0, 0.1) is 13.8 Å². The van der Waals surface area contributed by atoms with Crippen molar-refractivity contribution in [3.8, 4) is 0 Å². The summed E-state index contributed by atoms with van der Waals surface area (Å²) >= 11 is 0. The number of aromatic nitrogens is 1. The average molecular weight is 335 g/mol. The Bertz CT molecular complexity index is 854. The van der Waals surface area contributed by atoms with Crippen LogP contribution in [-0.4, -0.2) is 10.9 Å². The molecular weight excluding hydrogens is 314 g/mol. The quantitative estimate of drug-likeness (QED) is 0.708. The van der Waals surface area contributed by atoms with E-state index in [1.165, 1.54) is 5.56 Å². The summed E-state index contributed by atoms with van der Waals surface area (Å²) in [6, 6.07) is 18.0. The molecule has 2 N–H and O–H groups in total. The second-order valence-corrected chi connectivity index (χ2v) is 5.96. The first-order valence-electron chi connectivity index (χ1n) is 8.20. The van der Waals surface area contributed by atoms with Gasteiger partial charge in [0, 0.05) is 24.3 Å². The molecule has 25 heavy (non-hydrogen) atoms. The molecule has 0 aliphatic rings. The van der Waals surface area contributed by atoms with E-state index >= 15 is 0 Å². The van der Waals surface area contributed by atoms with Gasteiger partial charge in [-0.05, 0) is 43.7 Å². The summed E-state index contributed by atoms with van der Waals surface area (Å²) in [4.78, 5) is 16.3. The molecule has 0 fully saturated rings. The molecule has 3 rings (SSSR count). The van der Waals surface area contributed by atoms with E-state index in [4.69, 9.17) is 4.42 Å². The van der Waals surface area contributed by atoms with Gasteiger partial charge in [-0.25, -0.2) is 4.98 Å². The topological polar surface area (TPSA) is 67.2 Å². The molecule has 128 valence electrons. The minimum Gasteiger partial charge on any atom is -0.436 e. The normalized spacial score (nSPS) is 11.8.